The van der Waals surface area contributed by atoms with Gasteiger partial charge in [-0.05, 0) is 51.9 Å². The summed E-state index contributed by atoms with van der Waals surface area (Å²) in [6.45, 7) is 9.29. The molecule has 0 amide bonds. The van der Waals surface area contributed by atoms with E-state index in [0.717, 1.165) is 17.2 Å². The molecule has 176 valence electrons. The third-order valence-electron chi connectivity index (χ3n) is 9.10. The Bertz CT molecular complexity index is 1700. The first-order chi connectivity index (χ1) is 17.4. The molecule has 0 saturated carbocycles. The van der Waals surface area contributed by atoms with E-state index in [1.54, 1.807) is 0 Å². The van der Waals surface area contributed by atoms with E-state index < -0.39 is 0 Å². The number of rotatable bonds is 0. The molecular formula is C34H28O2. The minimum absolute atomic E-state index is 0.00785. The van der Waals surface area contributed by atoms with Gasteiger partial charge < -0.3 is 9.47 Å². The highest BCUT2D eigenvalue weighted by molar-refractivity contribution is 6.03. The lowest BCUT2D eigenvalue weighted by Crippen LogP contribution is -2.42. The summed E-state index contributed by atoms with van der Waals surface area (Å²) < 4.78 is 13.4. The molecule has 2 heterocycles. The molecule has 0 bridgehead atoms. The topological polar surface area (TPSA) is 18.5 Å². The first-order valence-electron chi connectivity index (χ1n) is 12.9. The molecule has 36 heavy (non-hydrogen) atoms. The zero-order valence-electron chi connectivity index (χ0n) is 21.1. The van der Waals surface area contributed by atoms with Gasteiger partial charge in [-0.25, -0.2) is 0 Å². The van der Waals surface area contributed by atoms with Crippen LogP contribution in [0.1, 0.15) is 67.0 Å². The number of fused-ring (bicyclic) bond motifs is 6. The SMILES string of the molecule is CC1(C)C2=Cc3ccc4c5c(cc6c4c3C(C=C6)C2Oc2ccccc21)C(C)(C)c1ccccc1O5. The van der Waals surface area contributed by atoms with Crippen LogP contribution in [0, 0.1) is 0 Å². The van der Waals surface area contributed by atoms with Gasteiger partial charge in [0.25, 0.3) is 0 Å². The molecular weight excluding hydrogens is 440 g/mol. The summed E-state index contributed by atoms with van der Waals surface area (Å²) in [4.78, 5) is 0. The van der Waals surface area contributed by atoms with E-state index in [9.17, 15) is 0 Å². The highest BCUT2D eigenvalue weighted by atomic mass is 16.5. The summed E-state index contributed by atoms with van der Waals surface area (Å²) in [6.07, 6.45) is 7.08. The molecule has 0 saturated heterocycles. The average Bonchev–Trinajstić information content (AvgIpc) is 2.88. The summed E-state index contributed by atoms with van der Waals surface area (Å²) in [5, 5.41) is 2.51. The third-order valence-corrected chi connectivity index (χ3v) is 9.10. The van der Waals surface area contributed by atoms with Crippen molar-refractivity contribution in [3.05, 3.63) is 112 Å². The van der Waals surface area contributed by atoms with Gasteiger partial charge in [0.2, 0.25) is 0 Å². The molecule has 4 aromatic rings. The fourth-order valence-corrected chi connectivity index (χ4v) is 7.14. The second kappa shape index (κ2) is 6.50. The normalized spacial score (nSPS) is 22.8. The minimum atomic E-state index is -0.136. The molecule has 2 heteroatoms. The zero-order chi connectivity index (χ0) is 24.4. The first kappa shape index (κ1) is 20.4. The van der Waals surface area contributed by atoms with E-state index in [-0.39, 0.29) is 22.9 Å². The smallest absolute Gasteiger partial charge is 0.139 e. The van der Waals surface area contributed by atoms with Crippen molar-refractivity contribution >= 4 is 22.9 Å². The molecule has 2 atom stereocenters. The van der Waals surface area contributed by atoms with Gasteiger partial charge >= 0.3 is 0 Å². The number of benzene rings is 4. The Hall–Kier alpha value is -3.78. The van der Waals surface area contributed by atoms with Crippen molar-refractivity contribution in [3.63, 3.8) is 0 Å². The summed E-state index contributed by atoms with van der Waals surface area (Å²) in [5.41, 5.74) is 8.84. The van der Waals surface area contributed by atoms with Crippen molar-refractivity contribution < 1.29 is 9.47 Å². The Morgan fingerprint density at radius 3 is 2.25 bits per heavy atom. The first-order valence-corrected chi connectivity index (χ1v) is 12.9. The van der Waals surface area contributed by atoms with Crippen LogP contribution in [0.25, 0.3) is 22.9 Å². The summed E-state index contributed by atoms with van der Waals surface area (Å²) >= 11 is 0. The van der Waals surface area contributed by atoms with Crippen LogP contribution in [0.3, 0.4) is 0 Å². The number of hydrogen-bond donors (Lipinski definition) is 0. The number of hydrogen-bond acceptors (Lipinski definition) is 2. The van der Waals surface area contributed by atoms with Crippen molar-refractivity contribution in [1.29, 1.82) is 0 Å². The summed E-state index contributed by atoms with van der Waals surface area (Å²) in [6, 6.07) is 23.9. The van der Waals surface area contributed by atoms with Crippen molar-refractivity contribution in [2.75, 3.05) is 0 Å². The lowest BCUT2D eigenvalue weighted by atomic mass is 9.64. The molecule has 2 nitrogen and oxygen atoms in total. The van der Waals surface area contributed by atoms with E-state index in [0.29, 0.717) is 0 Å². The standard InChI is InChI=1S/C34H28O2/c1-33(2)23-9-5-7-11-27(23)35-31-21-15-14-20-18-26-32(36-28-12-8-6-10-24(28)34(26,3)4)22-16-13-19(17-25(31)33)29(21)30(20)22/h5-18,21,31H,1-4H3. The highest BCUT2D eigenvalue weighted by Gasteiger charge is 2.46. The van der Waals surface area contributed by atoms with E-state index in [2.05, 4.69) is 113 Å². The van der Waals surface area contributed by atoms with Crippen LogP contribution < -0.4 is 9.47 Å². The Morgan fingerprint density at radius 2 is 1.44 bits per heavy atom. The van der Waals surface area contributed by atoms with E-state index in [1.165, 1.54) is 49.7 Å². The Kier molecular flexibility index (Phi) is 3.69. The maximum Gasteiger partial charge on any atom is 0.139 e. The Balaban J connectivity index is 1.40. The molecule has 0 radical (unpaired) electrons. The summed E-state index contributed by atoms with van der Waals surface area (Å²) in [7, 11) is 0. The molecule has 4 aromatic carbocycles. The lowest BCUT2D eigenvalue weighted by Gasteiger charge is -2.46. The molecule has 8 rings (SSSR count). The van der Waals surface area contributed by atoms with Crippen molar-refractivity contribution in [2.45, 2.75) is 50.5 Å². The van der Waals surface area contributed by atoms with Gasteiger partial charge in [-0.3, -0.25) is 0 Å². The Labute approximate surface area is 211 Å². The molecule has 2 aliphatic carbocycles. The van der Waals surface area contributed by atoms with Crippen molar-refractivity contribution in [2.24, 2.45) is 0 Å². The molecule has 2 unspecified atom stereocenters. The Morgan fingerprint density at radius 1 is 0.722 bits per heavy atom. The number of ether oxygens (including phenoxy) is 2. The third kappa shape index (κ3) is 2.38. The van der Waals surface area contributed by atoms with E-state index >= 15 is 0 Å². The van der Waals surface area contributed by atoms with Gasteiger partial charge in [-0.15, -0.1) is 0 Å². The fraction of sp³-hybridized carbons (Fsp3) is 0.235. The summed E-state index contributed by atoms with van der Waals surface area (Å²) in [5.74, 6) is 3.14. The fourth-order valence-electron chi connectivity index (χ4n) is 7.14. The lowest BCUT2D eigenvalue weighted by molar-refractivity contribution is 0.181. The largest absolute Gasteiger partial charge is 0.485 e. The maximum atomic E-state index is 6.75. The van der Waals surface area contributed by atoms with Crippen LogP contribution in [0.4, 0.5) is 0 Å². The maximum absolute atomic E-state index is 6.75. The van der Waals surface area contributed by atoms with Crippen LogP contribution in [0.2, 0.25) is 0 Å². The predicted octanol–water partition coefficient (Wildman–Crippen LogP) is 8.52. The van der Waals surface area contributed by atoms with Crippen LogP contribution in [0.15, 0.2) is 78.4 Å². The van der Waals surface area contributed by atoms with Gasteiger partial charge in [-0.1, -0.05) is 88.4 Å². The molecule has 0 N–H and O–H groups in total. The van der Waals surface area contributed by atoms with Gasteiger partial charge in [0, 0.05) is 38.8 Å². The highest BCUT2D eigenvalue weighted by Crippen LogP contribution is 2.57. The van der Waals surface area contributed by atoms with Gasteiger partial charge in [0.05, 0.1) is 0 Å². The van der Waals surface area contributed by atoms with Crippen molar-refractivity contribution in [1.82, 2.24) is 0 Å². The van der Waals surface area contributed by atoms with Crippen LogP contribution in [-0.2, 0) is 10.8 Å². The quantitative estimate of drug-likeness (QED) is 0.257. The molecule has 4 aliphatic rings. The molecule has 0 fully saturated rings. The van der Waals surface area contributed by atoms with E-state index in [1.807, 2.05) is 0 Å². The van der Waals surface area contributed by atoms with Crippen LogP contribution in [0.5, 0.6) is 17.2 Å². The molecule has 0 aromatic heterocycles. The second-order valence-corrected chi connectivity index (χ2v) is 11.7. The van der Waals surface area contributed by atoms with Gasteiger partial charge in [0.1, 0.15) is 23.4 Å². The number of para-hydroxylation sites is 2. The van der Waals surface area contributed by atoms with Gasteiger partial charge in [-0.2, -0.15) is 0 Å². The predicted molar refractivity (Wildman–Crippen MR) is 146 cm³/mol. The van der Waals surface area contributed by atoms with Crippen molar-refractivity contribution in [3.8, 4) is 17.2 Å². The minimum Gasteiger partial charge on any atom is -0.485 e. The zero-order valence-corrected chi connectivity index (χ0v) is 21.1. The van der Waals surface area contributed by atoms with Crippen LogP contribution in [-0.4, -0.2) is 6.10 Å². The van der Waals surface area contributed by atoms with Gasteiger partial charge in [0.15, 0.2) is 0 Å². The average molecular weight is 469 g/mol. The molecule has 0 spiro atoms. The van der Waals surface area contributed by atoms with E-state index in [4.69, 9.17) is 9.47 Å². The van der Waals surface area contributed by atoms with Crippen LogP contribution >= 0.6 is 0 Å². The monoisotopic (exact) mass is 468 g/mol. The molecule has 2 aliphatic heterocycles. The second-order valence-electron chi connectivity index (χ2n) is 11.7.